The van der Waals surface area contributed by atoms with Crippen molar-refractivity contribution in [2.45, 2.75) is 24.7 Å². The van der Waals surface area contributed by atoms with Gasteiger partial charge in [-0.25, -0.2) is 13.1 Å². The molecule has 0 spiro atoms. The van der Waals surface area contributed by atoms with Crippen LogP contribution in [0, 0.1) is 6.92 Å². The van der Waals surface area contributed by atoms with Crippen molar-refractivity contribution < 1.29 is 13.5 Å². The number of phenols is 1. The van der Waals surface area contributed by atoms with Gasteiger partial charge in [-0.1, -0.05) is 0 Å². The smallest absolute Gasteiger partial charge is 0.240 e. The molecule has 0 amide bonds. The zero-order valence-corrected chi connectivity index (χ0v) is 12.4. The normalized spacial score (nSPS) is 11.7. The van der Waals surface area contributed by atoms with Gasteiger partial charge in [0.25, 0.3) is 0 Å². The van der Waals surface area contributed by atoms with Crippen molar-refractivity contribution in [1.82, 2.24) is 14.9 Å². The number of aromatic hydroxyl groups is 1. The molecule has 7 nitrogen and oxygen atoms in total. The minimum absolute atomic E-state index is 0.0342. The number of hydrogen-bond acceptors (Lipinski definition) is 5. The molecule has 1 aromatic heterocycles. The van der Waals surface area contributed by atoms with Gasteiger partial charge in [0.1, 0.15) is 5.75 Å². The van der Waals surface area contributed by atoms with Crippen molar-refractivity contribution >= 4 is 15.7 Å². The highest BCUT2D eigenvalue weighted by Crippen LogP contribution is 2.22. The lowest BCUT2D eigenvalue weighted by molar-refractivity contribution is 0.477. The number of benzene rings is 1. The van der Waals surface area contributed by atoms with Crippen LogP contribution >= 0.6 is 0 Å². The Hall–Kier alpha value is -2.06. The van der Waals surface area contributed by atoms with E-state index in [-0.39, 0.29) is 16.3 Å². The van der Waals surface area contributed by atoms with E-state index in [1.54, 1.807) is 6.20 Å². The maximum absolute atomic E-state index is 12.1. The van der Waals surface area contributed by atoms with Crippen LogP contribution < -0.4 is 10.5 Å². The Morgan fingerprint density at radius 1 is 1.43 bits per heavy atom. The number of aryl methyl sites for hydroxylation is 2. The topological polar surface area (TPSA) is 121 Å². The molecular formula is C13H18N4O3S. The first-order valence-electron chi connectivity index (χ1n) is 6.47. The second-order valence-electron chi connectivity index (χ2n) is 4.74. The van der Waals surface area contributed by atoms with E-state index in [0.29, 0.717) is 13.0 Å². The first kappa shape index (κ1) is 15.3. The molecule has 2 rings (SSSR count). The number of nitrogens with two attached hydrogens (primary N) is 1. The van der Waals surface area contributed by atoms with Gasteiger partial charge in [0.05, 0.1) is 16.8 Å². The van der Waals surface area contributed by atoms with E-state index in [4.69, 9.17) is 5.73 Å². The molecule has 0 bridgehead atoms. The van der Waals surface area contributed by atoms with Crippen molar-refractivity contribution in [3.8, 4) is 5.75 Å². The van der Waals surface area contributed by atoms with Gasteiger partial charge in [-0.05, 0) is 43.5 Å². The average molecular weight is 310 g/mol. The average Bonchev–Trinajstić information content (AvgIpc) is 2.83. The van der Waals surface area contributed by atoms with Crippen LogP contribution in [0.25, 0.3) is 0 Å². The van der Waals surface area contributed by atoms with Crippen LogP contribution in [-0.2, 0) is 16.4 Å². The van der Waals surface area contributed by atoms with Gasteiger partial charge in [0.15, 0.2) is 0 Å². The molecule has 21 heavy (non-hydrogen) atoms. The van der Waals surface area contributed by atoms with E-state index in [0.717, 1.165) is 17.7 Å². The van der Waals surface area contributed by atoms with Crippen LogP contribution in [-0.4, -0.2) is 30.3 Å². The number of phenolic OH excluding ortho intramolecular Hbond substituents is 1. The number of hydrogen-bond donors (Lipinski definition) is 4. The monoisotopic (exact) mass is 310 g/mol. The Morgan fingerprint density at radius 3 is 2.81 bits per heavy atom. The van der Waals surface area contributed by atoms with Crippen LogP contribution in [0.4, 0.5) is 5.69 Å². The van der Waals surface area contributed by atoms with Crippen LogP contribution in [0.5, 0.6) is 5.75 Å². The first-order valence-corrected chi connectivity index (χ1v) is 7.95. The fourth-order valence-electron chi connectivity index (χ4n) is 1.90. The molecule has 0 aliphatic rings. The summed E-state index contributed by atoms with van der Waals surface area (Å²) in [5, 5.41) is 16.1. The van der Waals surface area contributed by atoms with Crippen LogP contribution in [0.2, 0.25) is 0 Å². The van der Waals surface area contributed by atoms with Crippen LogP contribution in [0.1, 0.15) is 17.7 Å². The van der Waals surface area contributed by atoms with E-state index < -0.39 is 10.0 Å². The van der Waals surface area contributed by atoms with Crippen molar-refractivity contribution in [1.29, 1.82) is 0 Å². The molecule has 2 aromatic rings. The van der Waals surface area contributed by atoms with Gasteiger partial charge < -0.3 is 10.8 Å². The molecule has 0 atom stereocenters. The fraction of sp³-hybridized carbons (Fsp3) is 0.308. The highest BCUT2D eigenvalue weighted by molar-refractivity contribution is 7.89. The van der Waals surface area contributed by atoms with Gasteiger partial charge in [-0.2, -0.15) is 5.10 Å². The number of nitrogens with zero attached hydrogens (tertiary/aromatic N) is 1. The fourth-order valence-corrected chi connectivity index (χ4v) is 3.01. The summed E-state index contributed by atoms with van der Waals surface area (Å²) in [5.41, 5.74) is 7.60. The van der Waals surface area contributed by atoms with Gasteiger partial charge in [0, 0.05) is 12.2 Å². The Balaban J connectivity index is 1.92. The maximum atomic E-state index is 12.1. The molecule has 5 N–H and O–H groups in total. The highest BCUT2D eigenvalue weighted by Gasteiger charge is 2.14. The summed E-state index contributed by atoms with van der Waals surface area (Å²) >= 11 is 0. The second kappa shape index (κ2) is 6.15. The quantitative estimate of drug-likeness (QED) is 0.359. The lowest BCUT2D eigenvalue weighted by atomic mass is 10.1. The Kier molecular flexibility index (Phi) is 4.49. The summed E-state index contributed by atoms with van der Waals surface area (Å²) in [6, 6.07) is 3.81. The number of aromatic nitrogens is 2. The third-order valence-corrected chi connectivity index (χ3v) is 4.62. The molecule has 0 aliphatic heterocycles. The molecule has 1 aromatic carbocycles. The summed E-state index contributed by atoms with van der Waals surface area (Å²) in [4.78, 5) is 0.0392. The summed E-state index contributed by atoms with van der Waals surface area (Å²) < 4.78 is 26.6. The summed E-state index contributed by atoms with van der Waals surface area (Å²) in [7, 11) is -3.62. The minimum Gasteiger partial charge on any atom is -0.506 e. The Morgan fingerprint density at radius 2 is 2.19 bits per heavy atom. The molecule has 0 saturated heterocycles. The van der Waals surface area contributed by atoms with Gasteiger partial charge in [0.2, 0.25) is 10.0 Å². The largest absolute Gasteiger partial charge is 0.506 e. The lowest BCUT2D eigenvalue weighted by Crippen LogP contribution is -2.25. The number of rotatable bonds is 6. The number of H-pyrrole nitrogens is 1. The van der Waals surface area contributed by atoms with E-state index in [1.807, 2.05) is 6.92 Å². The van der Waals surface area contributed by atoms with Gasteiger partial charge in [-0.15, -0.1) is 0 Å². The van der Waals surface area contributed by atoms with Crippen molar-refractivity contribution in [2.75, 3.05) is 12.3 Å². The summed E-state index contributed by atoms with van der Waals surface area (Å²) in [6.45, 7) is 2.24. The predicted octanol–water partition coefficient (Wildman–Crippen LogP) is 0.917. The molecule has 1 heterocycles. The zero-order valence-electron chi connectivity index (χ0n) is 11.6. The molecule has 0 saturated carbocycles. The summed E-state index contributed by atoms with van der Waals surface area (Å²) in [6.07, 6.45) is 3.14. The Labute approximate surface area is 123 Å². The number of sulfonamides is 1. The van der Waals surface area contributed by atoms with Gasteiger partial charge >= 0.3 is 0 Å². The third kappa shape index (κ3) is 3.73. The molecule has 0 radical (unpaired) electrons. The Bertz CT molecular complexity index is 725. The number of nitrogen functional groups attached to an aromatic ring is 1. The first-order chi connectivity index (χ1) is 9.90. The minimum atomic E-state index is -3.62. The molecular weight excluding hydrogens is 292 g/mol. The molecule has 0 fully saturated rings. The molecule has 114 valence electrons. The molecule has 0 unspecified atom stereocenters. The predicted molar refractivity (Wildman–Crippen MR) is 79.4 cm³/mol. The maximum Gasteiger partial charge on any atom is 0.240 e. The molecule has 0 aliphatic carbocycles. The van der Waals surface area contributed by atoms with E-state index >= 15 is 0 Å². The SMILES string of the molecule is Cc1[nH]ncc1CCCNS(=O)(=O)c1ccc(O)c(N)c1. The van der Waals surface area contributed by atoms with Gasteiger partial charge in [-0.3, -0.25) is 5.10 Å². The van der Waals surface area contributed by atoms with Crippen molar-refractivity contribution in [3.63, 3.8) is 0 Å². The number of anilines is 1. The van der Waals surface area contributed by atoms with Crippen LogP contribution in [0.15, 0.2) is 29.3 Å². The second-order valence-corrected chi connectivity index (χ2v) is 6.51. The van der Waals surface area contributed by atoms with Crippen molar-refractivity contribution in [2.24, 2.45) is 0 Å². The molecule has 8 heteroatoms. The zero-order chi connectivity index (χ0) is 15.5. The standard InChI is InChI=1S/C13H18N4O3S/c1-9-10(8-15-17-9)3-2-6-16-21(19,20)11-4-5-13(18)12(14)7-11/h4-5,7-8,16,18H,2-3,6,14H2,1H3,(H,15,17). The number of nitrogens with one attached hydrogen (secondary N) is 2. The lowest BCUT2D eigenvalue weighted by Gasteiger charge is -2.08. The highest BCUT2D eigenvalue weighted by atomic mass is 32.2. The van der Waals surface area contributed by atoms with E-state index in [2.05, 4.69) is 14.9 Å². The third-order valence-electron chi connectivity index (χ3n) is 3.16. The summed E-state index contributed by atoms with van der Waals surface area (Å²) in [5.74, 6) is -0.135. The van der Waals surface area contributed by atoms with Crippen LogP contribution in [0.3, 0.4) is 0 Å². The number of aromatic amines is 1. The van der Waals surface area contributed by atoms with E-state index in [9.17, 15) is 13.5 Å². The van der Waals surface area contributed by atoms with Crippen molar-refractivity contribution in [3.05, 3.63) is 35.7 Å². The van der Waals surface area contributed by atoms with E-state index in [1.165, 1.54) is 18.2 Å².